The van der Waals surface area contributed by atoms with E-state index in [1.54, 1.807) is 0 Å². The molecule has 0 atom stereocenters. The van der Waals surface area contributed by atoms with Gasteiger partial charge in [-0.3, -0.25) is 0 Å². The Bertz CT molecular complexity index is 375. The number of aliphatic hydroxyl groups excluding tert-OH is 1. The van der Waals surface area contributed by atoms with Gasteiger partial charge in [-0.2, -0.15) is 0 Å². The smallest absolute Gasteiger partial charge is 0.0522 e. The summed E-state index contributed by atoms with van der Waals surface area (Å²) in [5.74, 6) is 0.535. The van der Waals surface area contributed by atoms with E-state index in [9.17, 15) is 5.11 Å². The van der Waals surface area contributed by atoms with E-state index in [1.165, 1.54) is 22.3 Å². The van der Waals surface area contributed by atoms with E-state index in [0.717, 1.165) is 0 Å². The van der Waals surface area contributed by atoms with Gasteiger partial charge in [0.2, 0.25) is 0 Å². The maximum absolute atomic E-state index is 9.49. The van der Waals surface area contributed by atoms with Crippen LogP contribution in [-0.2, 0) is 5.41 Å². The van der Waals surface area contributed by atoms with Crippen LogP contribution in [-0.4, -0.2) is 11.7 Å². The zero-order valence-electron chi connectivity index (χ0n) is 11.4. The summed E-state index contributed by atoms with van der Waals surface area (Å²) in [5.41, 5.74) is 5.12. The molecule has 1 N–H and O–H groups in total. The normalized spacial score (nSPS) is 12.2. The molecule has 0 spiro atoms. The molecule has 0 aliphatic rings. The molecular formula is C15H24O. The van der Waals surface area contributed by atoms with Crippen LogP contribution in [0.5, 0.6) is 0 Å². The molecular weight excluding hydrogens is 196 g/mol. The minimum atomic E-state index is -0.153. The van der Waals surface area contributed by atoms with Crippen molar-refractivity contribution in [2.75, 3.05) is 6.61 Å². The van der Waals surface area contributed by atoms with E-state index in [0.29, 0.717) is 5.92 Å². The van der Waals surface area contributed by atoms with Gasteiger partial charge in [-0.15, -0.1) is 0 Å². The molecule has 0 heterocycles. The lowest BCUT2D eigenvalue weighted by molar-refractivity contribution is 0.218. The van der Waals surface area contributed by atoms with Crippen molar-refractivity contribution in [3.05, 3.63) is 34.4 Å². The fourth-order valence-electron chi connectivity index (χ4n) is 2.01. The van der Waals surface area contributed by atoms with Gasteiger partial charge in [0.1, 0.15) is 0 Å². The Kier molecular flexibility index (Phi) is 3.80. The molecule has 1 aromatic carbocycles. The van der Waals surface area contributed by atoms with Crippen molar-refractivity contribution in [1.82, 2.24) is 0 Å². The fraction of sp³-hybridized carbons (Fsp3) is 0.600. The van der Waals surface area contributed by atoms with Gasteiger partial charge in [-0.05, 0) is 42.0 Å². The lowest BCUT2D eigenvalue weighted by Crippen LogP contribution is -2.24. The van der Waals surface area contributed by atoms with E-state index >= 15 is 0 Å². The molecule has 1 aromatic rings. The van der Waals surface area contributed by atoms with Crippen LogP contribution >= 0.6 is 0 Å². The van der Waals surface area contributed by atoms with Crippen LogP contribution in [0.25, 0.3) is 0 Å². The average molecular weight is 220 g/mol. The molecule has 16 heavy (non-hydrogen) atoms. The highest BCUT2D eigenvalue weighted by Gasteiger charge is 2.23. The Morgan fingerprint density at radius 1 is 1.19 bits per heavy atom. The van der Waals surface area contributed by atoms with Gasteiger partial charge in [0, 0.05) is 5.41 Å². The zero-order chi connectivity index (χ0) is 12.5. The highest BCUT2D eigenvalue weighted by Crippen LogP contribution is 2.31. The molecule has 1 nitrogen and oxygen atoms in total. The van der Waals surface area contributed by atoms with Gasteiger partial charge >= 0.3 is 0 Å². The van der Waals surface area contributed by atoms with Crippen molar-refractivity contribution in [2.45, 2.75) is 52.9 Å². The topological polar surface area (TPSA) is 20.2 Å². The Labute approximate surface area is 99.5 Å². The summed E-state index contributed by atoms with van der Waals surface area (Å²) >= 11 is 0. The van der Waals surface area contributed by atoms with Gasteiger partial charge < -0.3 is 5.11 Å². The SMILES string of the molecule is Cc1cc(C(C)C)cc(C(C)(C)CO)c1C. The Balaban J connectivity index is 3.38. The van der Waals surface area contributed by atoms with Gasteiger partial charge in [0.25, 0.3) is 0 Å². The maximum Gasteiger partial charge on any atom is 0.0522 e. The van der Waals surface area contributed by atoms with Crippen LogP contribution in [0.4, 0.5) is 0 Å². The first-order valence-corrected chi connectivity index (χ1v) is 6.02. The molecule has 0 bridgehead atoms. The van der Waals surface area contributed by atoms with Gasteiger partial charge in [-0.25, -0.2) is 0 Å². The number of hydrogen-bond acceptors (Lipinski definition) is 1. The summed E-state index contributed by atoms with van der Waals surface area (Å²) in [6.07, 6.45) is 0. The first-order valence-electron chi connectivity index (χ1n) is 6.02. The summed E-state index contributed by atoms with van der Waals surface area (Å²) in [6.45, 7) is 13.1. The summed E-state index contributed by atoms with van der Waals surface area (Å²) in [7, 11) is 0. The molecule has 1 rings (SSSR count). The molecule has 0 unspecified atom stereocenters. The molecule has 0 radical (unpaired) electrons. The summed E-state index contributed by atoms with van der Waals surface area (Å²) in [4.78, 5) is 0. The number of rotatable bonds is 3. The third-order valence-corrected chi connectivity index (χ3v) is 3.48. The number of hydrogen-bond donors (Lipinski definition) is 1. The molecule has 0 aliphatic heterocycles. The van der Waals surface area contributed by atoms with Gasteiger partial charge in [-0.1, -0.05) is 39.8 Å². The first kappa shape index (κ1) is 13.2. The van der Waals surface area contributed by atoms with E-state index in [2.05, 4.69) is 53.7 Å². The Hall–Kier alpha value is -0.820. The van der Waals surface area contributed by atoms with Crippen LogP contribution in [0, 0.1) is 13.8 Å². The average Bonchev–Trinajstić information content (AvgIpc) is 2.21. The standard InChI is InChI=1S/C15H24O/c1-10(2)13-7-11(3)12(4)14(8-13)15(5,6)9-16/h7-8,10,16H,9H2,1-6H3. The fourth-order valence-corrected chi connectivity index (χ4v) is 2.01. The van der Waals surface area contributed by atoms with Crippen molar-refractivity contribution in [2.24, 2.45) is 0 Å². The lowest BCUT2D eigenvalue weighted by Gasteiger charge is -2.27. The predicted octanol–water partition coefficient (Wildman–Crippen LogP) is 3.70. The van der Waals surface area contributed by atoms with Crippen LogP contribution < -0.4 is 0 Å². The van der Waals surface area contributed by atoms with Crippen LogP contribution in [0.2, 0.25) is 0 Å². The van der Waals surface area contributed by atoms with Crippen LogP contribution in [0.1, 0.15) is 55.9 Å². The lowest BCUT2D eigenvalue weighted by atomic mass is 9.79. The highest BCUT2D eigenvalue weighted by atomic mass is 16.3. The summed E-state index contributed by atoms with van der Waals surface area (Å²) < 4.78 is 0. The molecule has 1 heteroatoms. The second-order valence-corrected chi connectivity index (χ2v) is 5.71. The summed E-state index contributed by atoms with van der Waals surface area (Å²) in [6, 6.07) is 4.51. The van der Waals surface area contributed by atoms with Gasteiger partial charge in [0.15, 0.2) is 0 Å². The Morgan fingerprint density at radius 2 is 1.75 bits per heavy atom. The zero-order valence-corrected chi connectivity index (χ0v) is 11.4. The van der Waals surface area contributed by atoms with Crippen molar-refractivity contribution < 1.29 is 5.11 Å². The van der Waals surface area contributed by atoms with E-state index < -0.39 is 0 Å². The molecule has 90 valence electrons. The molecule has 0 fully saturated rings. The highest BCUT2D eigenvalue weighted by molar-refractivity contribution is 5.42. The number of aryl methyl sites for hydroxylation is 1. The van der Waals surface area contributed by atoms with Crippen LogP contribution in [0.15, 0.2) is 12.1 Å². The molecule has 0 amide bonds. The Morgan fingerprint density at radius 3 is 2.19 bits per heavy atom. The van der Waals surface area contributed by atoms with Gasteiger partial charge in [0.05, 0.1) is 6.61 Å². The molecule has 0 aliphatic carbocycles. The number of benzene rings is 1. The van der Waals surface area contributed by atoms with Crippen molar-refractivity contribution in [3.63, 3.8) is 0 Å². The van der Waals surface area contributed by atoms with Crippen LogP contribution in [0.3, 0.4) is 0 Å². The molecule has 0 saturated carbocycles. The second-order valence-electron chi connectivity index (χ2n) is 5.71. The summed E-state index contributed by atoms with van der Waals surface area (Å²) in [5, 5.41) is 9.49. The van der Waals surface area contributed by atoms with Crippen molar-refractivity contribution >= 4 is 0 Å². The minimum Gasteiger partial charge on any atom is -0.395 e. The number of aliphatic hydroxyl groups is 1. The second kappa shape index (κ2) is 4.58. The maximum atomic E-state index is 9.49. The first-order chi connectivity index (χ1) is 7.29. The molecule has 0 aromatic heterocycles. The predicted molar refractivity (Wildman–Crippen MR) is 70.1 cm³/mol. The monoisotopic (exact) mass is 220 g/mol. The van der Waals surface area contributed by atoms with Crippen molar-refractivity contribution in [1.29, 1.82) is 0 Å². The van der Waals surface area contributed by atoms with E-state index in [-0.39, 0.29) is 12.0 Å². The third-order valence-electron chi connectivity index (χ3n) is 3.48. The quantitative estimate of drug-likeness (QED) is 0.823. The molecule has 0 saturated heterocycles. The van der Waals surface area contributed by atoms with Crippen molar-refractivity contribution in [3.8, 4) is 0 Å². The largest absolute Gasteiger partial charge is 0.395 e. The minimum absolute atomic E-state index is 0.153. The van der Waals surface area contributed by atoms with E-state index in [4.69, 9.17) is 0 Å². The van der Waals surface area contributed by atoms with E-state index in [1.807, 2.05) is 0 Å². The third kappa shape index (κ3) is 2.46.